The molecule has 0 unspecified atom stereocenters. The first-order chi connectivity index (χ1) is 17.4. The van der Waals surface area contributed by atoms with Gasteiger partial charge in [-0.3, -0.25) is 9.59 Å². The number of ketones is 1. The molecule has 0 atom stereocenters. The van der Waals surface area contributed by atoms with E-state index in [2.05, 4.69) is 19.1 Å². The van der Waals surface area contributed by atoms with Crippen molar-refractivity contribution in [1.82, 2.24) is 4.57 Å². The molecule has 186 valence electrons. The number of carbonyl (C=O) groups excluding carboxylic acids is 2. The Kier molecular flexibility index (Phi) is 7.74. The Morgan fingerprint density at radius 3 is 2.44 bits per heavy atom. The number of phenolic OH excluding ortho intramolecular Hbond substituents is 1. The highest BCUT2D eigenvalue weighted by atomic mass is 16.5. The lowest BCUT2D eigenvalue weighted by Crippen LogP contribution is -2.10. The maximum atomic E-state index is 13.5. The number of aromatic nitrogens is 1. The number of nitrogens with zero attached hydrogens (tertiary/aromatic N) is 2. The Morgan fingerprint density at radius 1 is 1.00 bits per heavy atom. The Hall–Kier alpha value is -4.06. The molecule has 0 radical (unpaired) electrons. The number of aryl methyl sites for hydroxylation is 2. The third-order valence-electron chi connectivity index (χ3n) is 6.45. The first-order valence-electron chi connectivity index (χ1n) is 12.4. The summed E-state index contributed by atoms with van der Waals surface area (Å²) in [6.45, 7) is 4.87. The van der Waals surface area contributed by atoms with Gasteiger partial charge in [0.2, 0.25) is 0 Å². The van der Waals surface area contributed by atoms with Crippen molar-refractivity contribution in [3.8, 4) is 5.75 Å². The van der Waals surface area contributed by atoms with Gasteiger partial charge in [0, 0.05) is 53.9 Å². The van der Waals surface area contributed by atoms with Crippen molar-refractivity contribution in [2.75, 3.05) is 18.6 Å². The maximum absolute atomic E-state index is 13.5. The van der Waals surface area contributed by atoms with Gasteiger partial charge >= 0.3 is 5.97 Å². The van der Waals surface area contributed by atoms with Crippen LogP contribution in [-0.2, 0) is 22.5 Å². The summed E-state index contributed by atoms with van der Waals surface area (Å²) in [7, 11) is 1.89. The highest BCUT2D eigenvalue weighted by molar-refractivity contribution is 6.16. The smallest absolute Gasteiger partial charge is 0.305 e. The number of anilines is 2. The van der Waals surface area contributed by atoms with Gasteiger partial charge in [-0.15, -0.1) is 0 Å². The number of para-hydroxylation sites is 1. The van der Waals surface area contributed by atoms with Gasteiger partial charge in [-0.25, -0.2) is 0 Å². The molecule has 0 aliphatic carbocycles. The molecule has 1 heterocycles. The molecule has 6 nitrogen and oxygen atoms in total. The standard InChI is InChI=1S/C30H32N2O4/c1-4-21-12-15-23(16-13-21)31(3)27-17-14-22(19-28(27)33)30(35)25-20-32(18-8-11-29(34)36-5-2)26-10-7-6-9-24(25)26/h6-7,9-10,12-17,19-20,33H,4-5,8,11,18H2,1-3H3. The van der Waals surface area contributed by atoms with Gasteiger partial charge in [0.15, 0.2) is 5.78 Å². The molecule has 4 rings (SSSR count). The van der Waals surface area contributed by atoms with Crippen molar-refractivity contribution in [3.63, 3.8) is 0 Å². The summed E-state index contributed by atoms with van der Waals surface area (Å²) >= 11 is 0. The highest BCUT2D eigenvalue weighted by Crippen LogP contribution is 2.34. The average molecular weight is 485 g/mol. The first kappa shape index (κ1) is 25.0. The normalized spacial score (nSPS) is 11.0. The van der Waals surface area contributed by atoms with Crippen molar-refractivity contribution >= 4 is 34.0 Å². The Balaban J connectivity index is 1.57. The zero-order valence-electron chi connectivity index (χ0n) is 21.0. The molecule has 0 aliphatic rings. The lowest BCUT2D eigenvalue weighted by molar-refractivity contribution is -0.143. The van der Waals surface area contributed by atoms with Gasteiger partial charge in [0.1, 0.15) is 5.75 Å². The van der Waals surface area contributed by atoms with E-state index in [1.165, 1.54) is 11.6 Å². The molecule has 4 aromatic rings. The first-order valence-corrected chi connectivity index (χ1v) is 12.4. The molecule has 0 aliphatic heterocycles. The lowest BCUT2D eigenvalue weighted by Gasteiger charge is -2.21. The van der Waals surface area contributed by atoms with E-state index in [1.807, 2.05) is 59.1 Å². The van der Waals surface area contributed by atoms with Crippen LogP contribution in [0.5, 0.6) is 5.75 Å². The summed E-state index contributed by atoms with van der Waals surface area (Å²) in [5, 5.41) is 11.6. The molecule has 1 aromatic heterocycles. The van der Waals surface area contributed by atoms with Gasteiger partial charge in [0.05, 0.1) is 12.3 Å². The summed E-state index contributed by atoms with van der Waals surface area (Å²) in [6, 6.07) is 21.0. The largest absolute Gasteiger partial charge is 0.506 e. The predicted molar refractivity (Wildman–Crippen MR) is 143 cm³/mol. The number of ether oxygens (including phenoxy) is 1. The second kappa shape index (κ2) is 11.1. The number of hydrogen-bond donors (Lipinski definition) is 1. The van der Waals surface area contributed by atoms with Crippen LogP contribution in [0, 0.1) is 0 Å². The van der Waals surface area contributed by atoms with E-state index in [0.29, 0.717) is 42.8 Å². The molecule has 0 fully saturated rings. The number of hydrogen-bond acceptors (Lipinski definition) is 5. The number of carbonyl (C=O) groups is 2. The van der Waals surface area contributed by atoms with Crippen LogP contribution >= 0.6 is 0 Å². The van der Waals surface area contributed by atoms with Crippen molar-refractivity contribution in [3.05, 3.63) is 89.6 Å². The van der Waals surface area contributed by atoms with Crippen molar-refractivity contribution in [2.45, 2.75) is 39.7 Å². The molecular weight excluding hydrogens is 452 g/mol. The number of fused-ring (bicyclic) bond motifs is 1. The minimum atomic E-state index is -0.216. The van der Waals surface area contributed by atoms with Crippen LogP contribution in [0.2, 0.25) is 0 Å². The van der Waals surface area contributed by atoms with E-state index in [-0.39, 0.29) is 17.5 Å². The number of phenols is 1. The number of rotatable bonds is 10. The van der Waals surface area contributed by atoms with Crippen LogP contribution in [0.4, 0.5) is 11.4 Å². The zero-order valence-corrected chi connectivity index (χ0v) is 21.0. The van der Waals surface area contributed by atoms with Gasteiger partial charge in [-0.1, -0.05) is 37.3 Å². The average Bonchev–Trinajstić information content (AvgIpc) is 3.26. The molecule has 6 heteroatoms. The van der Waals surface area contributed by atoms with Crippen LogP contribution < -0.4 is 4.90 Å². The van der Waals surface area contributed by atoms with Crippen LogP contribution in [-0.4, -0.2) is 35.1 Å². The fourth-order valence-electron chi connectivity index (χ4n) is 4.44. The van der Waals surface area contributed by atoms with Gasteiger partial charge in [-0.2, -0.15) is 0 Å². The maximum Gasteiger partial charge on any atom is 0.305 e. The second-order valence-electron chi connectivity index (χ2n) is 8.77. The van der Waals surface area contributed by atoms with Crippen molar-refractivity contribution in [2.24, 2.45) is 0 Å². The predicted octanol–water partition coefficient (Wildman–Crippen LogP) is 6.25. The Bertz CT molecular complexity index is 1370. The van der Waals surface area contributed by atoms with Crippen molar-refractivity contribution in [1.29, 1.82) is 0 Å². The van der Waals surface area contributed by atoms with Crippen LogP contribution in [0.3, 0.4) is 0 Å². The molecule has 3 aromatic carbocycles. The van der Waals surface area contributed by atoms with Crippen LogP contribution in [0.15, 0.2) is 72.9 Å². The fourth-order valence-corrected chi connectivity index (χ4v) is 4.44. The van der Waals surface area contributed by atoms with Gasteiger partial charge in [0.25, 0.3) is 0 Å². The second-order valence-corrected chi connectivity index (χ2v) is 8.77. The molecule has 0 saturated carbocycles. The number of aromatic hydroxyl groups is 1. The number of esters is 1. The Labute approximate surface area is 211 Å². The van der Waals surface area contributed by atoms with E-state index >= 15 is 0 Å². The molecule has 0 spiro atoms. The molecule has 0 saturated heterocycles. The molecule has 1 N–H and O–H groups in total. The van der Waals surface area contributed by atoms with Crippen LogP contribution in [0.25, 0.3) is 10.9 Å². The summed E-state index contributed by atoms with van der Waals surface area (Å²) < 4.78 is 7.02. The third kappa shape index (κ3) is 5.28. The quantitative estimate of drug-likeness (QED) is 0.213. The molecule has 36 heavy (non-hydrogen) atoms. The number of benzene rings is 3. The monoisotopic (exact) mass is 484 g/mol. The SMILES string of the molecule is CCOC(=O)CCCn1cc(C(=O)c2ccc(N(C)c3ccc(CC)cc3)c(O)c2)c2ccccc21. The zero-order chi connectivity index (χ0) is 25.7. The summed E-state index contributed by atoms with van der Waals surface area (Å²) in [4.78, 5) is 27.1. The summed E-state index contributed by atoms with van der Waals surface area (Å²) in [6.07, 6.45) is 3.75. The van der Waals surface area contributed by atoms with E-state index in [1.54, 1.807) is 19.1 Å². The van der Waals surface area contributed by atoms with Crippen molar-refractivity contribution < 1.29 is 19.4 Å². The van der Waals surface area contributed by atoms with E-state index in [9.17, 15) is 14.7 Å². The van der Waals surface area contributed by atoms with E-state index < -0.39 is 0 Å². The van der Waals surface area contributed by atoms with E-state index in [0.717, 1.165) is 23.0 Å². The topological polar surface area (TPSA) is 71.8 Å². The van der Waals surface area contributed by atoms with Gasteiger partial charge in [-0.05, 0) is 61.7 Å². The molecular formula is C30H32N2O4. The fraction of sp³-hybridized carbons (Fsp3) is 0.267. The minimum Gasteiger partial charge on any atom is -0.506 e. The van der Waals surface area contributed by atoms with Gasteiger partial charge < -0.3 is 19.3 Å². The lowest BCUT2D eigenvalue weighted by atomic mass is 10.0. The Morgan fingerprint density at radius 2 is 1.75 bits per heavy atom. The summed E-state index contributed by atoms with van der Waals surface area (Å²) in [5.41, 5.74) is 4.74. The minimum absolute atomic E-state index is 0.0427. The van der Waals surface area contributed by atoms with Crippen LogP contribution in [0.1, 0.15) is 48.2 Å². The van der Waals surface area contributed by atoms with E-state index in [4.69, 9.17) is 4.74 Å². The summed E-state index contributed by atoms with van der Waals surface area (Å²) in [5.74, 6) is -0.333. The third-order valence-corrected chi connectivity index (χ3v) is 6.45. The molecule has 0 bridgehead atoms. The molecule has 0 amide bonds. The highest BCUT2D eigenvalue weighted by Gasteiger charge is 2.19.